The fraction of sp³-hybridized carbons (Fsp3) is 0.346. The van der Waals surface area contributed by atoms with Crippen LogP contribution >= 0.6 is 0 Å². The molecule has 0 spiro atoms. The minimum atomic E-state index is -4.00. The van der Waals surface area contributed by atoms with Gasteiger partial charge in [-0.3, -0.25) is 9.78 Å². The first-order valence-electron chi connectivity index (χ1n) is 11.5. The van der Waals surface area contributed by atoms with Crippen molar-refractivity contribution in [1.82, 2.24) is 14.3 Å². The van der Waals surface area contributed by atoms with E-state index in [1.54, 1.807) is 64.2 Å². The minimum Gasteiger partial charge on any atom is -0.461 e. The first-order chi connectivity index (χ1) is 16.6. The highest BCUT2D eigenvalue weighted by atomic mass is 32.2. The molecule has 0 radical (unpaired) electrons. The number of nitrogens with one attached hydrogen (secondary N) is 1. The number of hydrogen-bond donors (Lipinski definition) is 1. The van der Waals surface area contributed by atoms with Crippen LogP contribution in [0.1, 0.15) is 57.2 Å². The quantitative estimate of drug-likeness (QED) is 0.335. The van der Waals surface area contributed by atoms with Crippen LogP contribution in [0.2, 0.25) is 0 Å². The van der Waals surface area contributed by atoms with E-state index in [1.807, 2.05) is 19.1 Å². The maximum atomic E-state index is 13.7. The lowest BCUT2D eigenvalue weighted by atomic mass is 10.0. The van der Waals surface area contributed by atoms with Crippen LogP contribution in [0.3, 0.4) is 0 Å². The largest absolute Gasteiger partial charge is 0.461 e. The lowest BCUT2D eigenvalue weighted by molar-refractivity contribution is 0.0519. The van der Waals surface area contributed by atoms with Gasteiger partial charge in [0, 0.05) is 36.1 Å². The van der Waals surface area contributed by atoms with E-state index in [0.717, 1.165) is 11.3 Å². The summed E-state index contributed by atoms with van der Waals surface area (Å²) >= 11 is 0. The normalized spacial score (nSPS) is 12.5. The molecule has 1 atom stereocenters. The number of nitrogens with zero attached hydrogens (tertiary/aromatic N) is 2. The molecule has 0 saturated heterocycles. The molecule has 8 nitrogen and oxygen atoms in total. The number of esters is 1. The lowest BCUT2D eigenvalue weighted by Crippen LogP contribution is -2.44. The number of aryl methyl sites for hydroxylation is 2. The molecule has 0 amide bonds. The molecule has 3 rings (SSSR count). The molecule has 9 heteroatoms. The van der Waals surface area contributed by atoms with Gasteiger partial charge in [-0.1, -0.05) is 23.8 Å². The van der Waals surface area contributed by atoms with Gasteiger partial charge in [0.1, 0.15) is 5.69 Å². The zero-order chi connectivity index (χ0) is 25.8. The topological polar surface area (TPSA) is 109 Å². The van der Waals surface area contributed by atoms with E-state index in [4.69, 9.17) is 4.74 Å². The minimum absolute atomic E-state index is 0.0629. The molecular weight excluding hydrogens is 466 g/mol. The van der Waals surface area contributed by atoms with Crippen LogP contribution in [0.15, 0.2) is 53.6 Å². The van der Waals surface area contributed by atoms with E-state index in [-0.39, 0.29) is 23.7 Å². The molecule has 0 aliphatic heterocycles. The van der Waals surface area contributed by atoms with E-state index in [0.29, 0.717) is 23.2 Å². The number of ether oxygens (including phenoxy) is 1. The Morgan fingerprint density at radius 3 is 2.37 bits per heavy atom. The third-order valence-electron chi connectivity index (χ3n) is 5.92. The summed E-state index contributed by atoms with van der Waals surface area (Å²) in [5.41, 5.74) is 3.06. The third-order valence-corrected chi connectivity index (χ3v) is 7.90. The number of aromatic amines is 1. The number of H-pyrrole nitrogens is 1. The second-order valence-electron chi connectivity index (χ2n) is 8.39. The fourth-order valence-electron chi connectivity index (χ4n) is 4.01. The van der Waals surface area contributed by atoms with E-state index in [2.05, 4.69) is 9.97 Å². The molecule has 0 fully saturated rings. The predicted octanol–water partition coefficient (Wildman–Crippen LogP) is 4.02. The first-order valence-corrected chi connectivity index (χ1v) is 12.9. The Bertz CT molecular complexity index is 1300. The van der Waals surface area contributed by atoms with Gasteiger partial charge < -0.3 is 9.72 Å². The van der Waals surface area contributed by atoms with Crippen LogP contribution in [-0.2, 0) is 21.2 Å². The van der Waals surface area contributed by atoms with Gasteiger partial charge in [-0.15, -0.1) is 0 Å². The summed E-state index contributed by atoms with van der Waals surface area (Å²) in [4.78, 5) is 33.3. The van der Waals surface area contributed by atoms with Gasteiger partial charge in [-0.25, -0.2) is 13.2 Å². The average molecular weight is 498 g/mol. The monoisotopic (exact) mass is 497 g/mol. The number of rotatable bonds is 10. The molecule has 186 valence electrons. The van der Waals surface area contributed by atoms with Gasteiger partial charge in [-0.05, 0) is 64.4 Å². The number of carbonyl (C=O) groups is 2. The average Bonchev–Trinajstić information content (AvgIpc) is 3.13. The van der Waals surface area contributed by atoms with Gasteiger partial charge >= 0.3 is 5.97 Å². The smallest absolute Gasteiger partial charge is 0.355 e. The van der Waals surface area contributed by atoms with Crippen molar-refractivity contribution < 1.29 is 22.7 Å². The molecule has 0 bridgehead atoms. The number of pyridine rings is 1. The van der Waals surface area contributed by atoms with E-state index >= 15 is 0 Å². The summed E-state index contributed by atoms with van der Waals surface area (Å²) in [6.07, 6.45) is 1.98. The van der Waals surface area contributed by atoms with E-state index in [1.165, 1.54) is 4.31 Å². The Morgan fingerprint density at radius 2 is 1.77 bits per heavy atom. The van der Waals surface area contributed by atoms with Crippen molar-refractivity contribution in [1.29, 1.82) is 0 Å². The highest BCUT2D eigenvalue weighted by molar-refractivity contribution is 7.89. The van der Waals surface area contributed by atoms with Crippen LogP contribution < -0.4 is 0 Å². The van der Waals surface area contributed by atoms with Crippen LogP contribution in [0.4, 0.5) is 0 Å². The summed E-state index contributed by atoms with van der Waals surface area (Å²) in [5, 5.41) is 0. The van der Waals surface area contributed by atoms with Crippen molar-refractivity contribution in [2.45, 2.75) is 52.0 Å². The molecule has 0 saturated carbocycles. The number of aromatic nitrogens is 2. The standard InChI is InChI=1S/C26H31N3O5S/c1-6-34-26(31)24-18(3)23(19(4)28-24)25(30)20(5)29(16-14-21-9-7-8-15-27-21)35(32,33)22-12-10-17(2)11-13-22/h7-13,15,20,28H,6,14,16H2,1-5H3. The Kier molecular flexibility index (Phi) is 8.24. The Balaban J connectivity index is 2.00. The van der Waals surface area contributed by atoms with Gasteiger partial charge in [-0.2, -0.15) is 4.31 Å². The van der Waals surface area contributed by atoms with Crippen LogP contribution in [0, 0.1) is 20.8 Å². The molecule has 1 unspecified atom stereocenters. The molecule has 3 aromatic rings. The summed E-state index contributed by atoms with van der Waals surface area (Å²) in [6, 6.07) is 10.9. The van der Waals surface area contributed by atoms with Crippen molar-refractivity contribution in [3.8, 4) is 0 Å². The number of sulfonamides is 1. The summed E-state index contributed by atoms with van der Waals surface area (Å²) < 4.78 is 33.7. The highest BCUT2D eigenvalue weighted by Gasteiger charge is 2.35. The Hall–Kier alpha value is -3.30. The molecule has 0 aliphatic carbocycles. The fourth-order valence-corrected chi connectivity index (χ4v) is 5.60. The van der Waals surface area contributed by atoms with Crippen molar-refractivity contribution >= 4 is 21.8 Å². The maximum Gasteiger partial charge on any atom is 0.355 e. The number of benzene rings is 1. The van der Waals surface area contributed by atoms with Gasteiger partial charge in [0.05, 0.1) is 17.5 Å². The van der Waals surface area contributed by atoms with E-state index < -0.39 is 27.8 Å². The number of hydrogen-bond acceptors (Lipinski definition) is 6. The van der Waals surface area contributed by atoms with Gasteiger partial charge in [0.15, 0.2) is 5.78 Å². The summed E-state index contributed by atoms with van der Waals surface area (Å²) in [6.45, 7) is 8.75. The van der Waals surface area contributed by atoms with Gasteiger partial charge in [0.25, 0.3) is 0 Å². The Morgan fingerprint density at radius 1 is 1.09 bits per heavy atom. The zero-order valence-electron chi connectivity index (χ0n) is 20.7. The SMILES string of the molecule is CCOC(=O)c1[nH]c(C)c(C(=O)C(C)N(CCc2ccccn2)S(=O)(=O)c2ccc(C)cc2)c1C. The number of carbonyl (C=O) groups excluding carboxylic acids is 2. The third kappa shape index (κ3) is 5.68. The second kappa shape index (κ2) is 11.0. The zero-order valence-corrected chi connectivity index (χ0v) is 21.5. The molecule has 1 N–H and O–H groups in total. The molecule has 2 aromatic heterocycles. The van der Waals surface area contributed by atoms with Crippen LogP contribution in [0.25, 0.3) is 0 Å². The summed E-state index contributed by atoms with van der Waals surface area (Å²) in [5.74, 6) is -0.956. The molecule has 0 aliphatic rings. The van der Waals surface area contributed by atoms with Crippen molar-refractivity contribution in [2.24, 2.45) is 0 Å². The molecule has 35 heavy (non-hydrogen) atoms. The van der Waals surface area contributed by atoms with Crippen LogP contribution in [-0.4, -0.2) is 53.6 Å². The molecular formula is C26H31N3O5S. The van der Waals surface area contributed by atoms with Crippen LogP contribution in [0.5, 0.6) is 0 Å². The lowest BCUT2D eigenvalue weighted by Gasteiger charge is -2.28. The maximum absolute atomic E-state index is 13.7. The summed E-state index contributed by atoms with van der Waals surface area (Å²) in [7, 11) is -4.00. The second-order valence-corrected chi connectivity index (χ2v) is 10.3. The van der Waals surface area contributed by atoms with E-state index in [9.17, 15) is 18.0 Å². The number of ketones is 1. The highest BCUT2D eigenvalue weighted by Crippen LogP contribution is 2.25. The van der Waals surface area contributed by atoms with Crippen molar-refractivity contribution in [3.63, 3.8) is 0 Å². The van der Waals surface area contributed by atoms with Gasteiger partial charge in [0.2, 0.25) is 10.0 Å². The number of Topliss-reactive ketones (excluding diaryl/α,β-unsaturated/α-hetero) is 1. The van der Waals surface area contributed by atoms with Crippen molar-refractivity contribution in [3.05, 3.63) is 82.4 Å². The van der Waals surface area contributed by atoms with Crippen molar-refractivity contribution in [2.75, 3.05) is 13.2 Å². The first kappa shape index (κ1) is 26.3. The Labute approximate surface area is 206 Å². The molecule has 1 aromatic carbocycles. The predicted molar refractivity (Wildman–Crippen MR) is 133 cm³/mol. The molecule has 2 heterocycles.